The first-order valence-corrected chi connectivity index (χ1v) is 7.01. The van der Waals surface area contributed by atoms with E-state index in [4.69, 9.17) is 4.74 Å². The predicted molar refractivity (Wildman–Crippen MR) is 71.9 cm³/mol. The van der Waals surface area contributed by atoms with Crippen molar-refractivity contribution in [2.75, 3.05) is 20.2 Å². The molecule has 1 saturated heterocycles. The van der Waals surface area contributed by atoms with E-state index in [9.17, 15) is 0 Å². The number of hydrogen-bond donors (Lipinski definition) is 0. The number of ether oxygens (including phenoxy) is 1. The van der Waals surface area contributed by atoms with Gasteiger partial charge in [0.25, 0.3) is 0 Å². The van der Waals surface area contributed by atoms with Gasteiger partial charge in [0, 0.05) is 11.5 Å². The minimum absolute atomic E-state index is 0.244. The van der Waals surface area contributed by atoms with Crippen molar-refractivity contribution < 1.29 is 4.74 Å². The maximum atomic E-state index is 5.61. The number of methoxy groups -OCH3 is 1. The van der Waals surface area contributed by atoms with E-state index in [0.717, 1.165) is 0 Å². The van der Waals surface area contributed by atoms with Crippen LogP contribution in [0.3, 0.4) is 0 Å². The molecular weight excluding hydrogens is 210 g/mol. The summed E-state index contributed by atoms with van der Waals surface area (Å²) in [6.45, 7) is 11.9. The van der Waals surface area contributed by atoms with E-state index in [1.165, 1.54) is 38.1 Å². The highest BCUT2D eigenvalue weighted by Crippen LogP contribution is 2.56. The third-order valence-corrected chi connectivity index (χ3v) is 5.29. The zero-order valence-corrected chi connectivity index (χ0v) is 12.0. The molecule has 0 aromatic heterocycles. The highest BCUT2D eigenvalue weighted by atomic mass is 16.5. The molecular formula is C15H27NO. The number of allylic oxidation sites excluding steroid dienone is 1. The lowest BCUT2D eigenvalue weighted by atomic mass is 9.68. The second-order valence-electron chi connectivity index (χ2n) is 6.21. The Morgan fingerprint density at radius 3 is 2.71 bits per heavy atom. The fourth-order valence-corrected chi connectivity index (χ4v) is 3.88. The van der Waals surface area contributed by atoms with Crippen molar-refractivity contribution in [1.82, 2.24) is 4.90 Å². The third kappa shape index (κ3) is 1.64. The van der Waals surface area contributed by atoms with Crippen LogP contribution in [0.2, 0.25) is 0 Å². The van der Waals surface area contributed by atoms with Gasteiger partial charge in [-0.3, -0.25) is 4.90 Å². The van der Waals surface area contributed by atoms with Gasteiger partial charge in [-0.25, -0.2) is 0 Å². The van der Waals surface area contributed by atoms with Crippen LogP contribution >= 0.6 is 0 Å². The summed E-state index contributed by atoms with van der Waals surface area (Å²) in [7, 11) is 1.82. The molecule has 2 nitrogen and oxygen atoms in total. The molecule has 0 bridgehead atoms. The van der Waals surface area contributed by atoms with Crippen molar-refractivity contribution in [3.05, 3.63) is 11.8 Å². The van der Waals surface area contributed by atoms with Crippen LogP contribution in [-0.4, -0.2) is 30.6 Å². The fraction of sp³-hybridized carbons (Fsp3) is 0.867. The summed E-state index contributed by atoms with van der Waals surface area (Å²) >= 11 is 0. The van der Waals surface area contributed by atoms with Gasteiger partial charge in [0.2, 0.25) is 0 Å². The predicted octanol–water partition coefficient (Wildman–Crippen LogP) is 3.44. The monoisotopic (exact) mass is 237 g/mol. The van der Waals surface area contributed by atoms with Crippen molar-refractivity contribution in [2.24, 2.45) is 11.3 Å². The smallest absolute Gasteiger partial charge is 0.0968 e. The van der Waals surface area contributed by atoms with E-state index < -0.39 is 0 Å². The molecule has 17 heavy (non-hydrogen) atoms. The standard InChI is InChI=1S/C15H27NO/c1-6-9-16-10-7-8-15(16)11-13(17-5)12(2)14(15,3)4/h11-12H,6-10H2,1-5H3. The molecule has 0 aromatic carbocycles. The lowest BCUT2D eigenvalue weighted by Crippen LogP contribution is -2.52. The molecule has 2 atom stereocenters. The molecule has 1 fully saturated rings. The van der Waals surface area contributed by atoms with Gasteiger partial charge < -0.3 is 4.74 Å². The summed E-state index contributed by atoms with van der Waals surface area (Å²) in [5.74, 6) is 1.71. The number of likely N-dealkylation sites (tertiary alicyclic amines) is 1. The van der Waals surface area contributed by atoms with E-state index >= 15 is 0 Å². The first kappa shape index (κ1) is 12.9. The third-order valence-electron chi connectivity index (χ3n) is 5.29. The molecule has 1 aliphatic carbocycles. The number of nitrogens with zero attached hydrogens (tertiary/aromatic N) is 1. The summed E-state index contributed by atoms with van der Waals surface area (Å²) in [5.41, 5.74) is 0.526. The zero-order chi connectivity index (χ0) is 12.7. The number of hydrogen-bond acceptors (Lipinski definition) is 2. The first-order chi connectivity index (χ1) is 7.99. The van der Waals surface area contributed by atoms with Gasteiger partial charge in [-0.2, -0.15) is 0 Å². The van der Waals surface area contributed by atoms with Crippen molar-refractivity contribution in [3.8, 4) is 0 Å². The topological polar surface area (TPSA) is 12.5 Å². The van der Waals surface area contributed by atoms with Gasteiger partial charge in [0.05, 0.1) is 12.9 Å². The molecule has 1 heterocycles. The van der Waals surface area contributed by atoms with Gasteiger partial charge in [0.1, 0.15) is 0 Å². The summed E-state index contributed by atoms with van der Waals surface area (Å²) in [5, 5.41) is 0. The van der Waals surface area contributed by atoms with Gasteiger partial charge in [-0.1, -0.05) is 27.7 Å². The molecule has 1 aliphatic heterocycles. The van der Waals surface area contributed by atoms with Gasteiger partial charge in [-0.05, 0) is 43.8 Å². The Balaban J connectivity index is 2.38. The van der Waals surface area contributed by atoms with Crippen LogP contribution in [0, 0.1) is 11.3 Å². The van der Waals surface area contributed by atoms with E-state index in [-0.39, 0.29) is 11.0 Å². The Kier molecular flexibility index (Phi) is 3.28. The number of rotatable bonds is 3. The van der Waals surface area contributed by atoms with Gasteiger partial charge in [0.15, 0.2) is 0 Å². The van der Waals surface area contributed by atoms with Crippen LogP contribution in [0.25, 0.3) is 0 Å². The summed E-state index contributed by atoms with van der Waals surface area (Å²) in [6, 6.07) is 0. The molecule has 2 unspecified atom stereocenters. The Hall–Kier alpha value is -0.500. The van der Waals surface area contributed by atoms with Gasteiger partial charge >= 0.3 is 0 Å². The van der Waals surface area contributed by atoms with Crippen LogP contribution in [-0.2, 0) is 4.74 Å². The maximum Gasteiger partial charge on any atom is 0.0968 e. The summed E-state index contributed by atoms with van der Waals surface area (Å²) in [6.07, 6.45) is 6.28. The zero-order valence-electron chi connectivity index (χ0n) is 12.0. The van der Waals surface area contributed by atoms with Crippen molar-refractivity contribution >= 4 is 0 Å². The molecule has 2 rings (SSSR count). The molecule has 0 N–H and O–H groups in total. The molecule has 1 spiro atoms. The lowest BCUT2D eigenvalue weighted by molar-refractivity contribution is 0.0387. The first-order valence-electron chi connectivity index (χ1n) is 7.01. The van der Waals surface area contributed by atoms with Crippen LogP contribution < -0.4 is 0 Å². The largest absolute Gasteiger partial charge is 0.501 e. The molecule has 0 saturated carbocycles. The Bertz CT molecular complexity index is 321. The van der Waals surface area contributed by atoms with Gasteiger partial charge in [-0.15, -0.1) is 0 Å². The molecule has 0 aromatic rings. The van der Waals surface area contributed by atoms with Crippen molar-refractivity contribution in [3.63, 3.8) is 0 Å². The molecule has 0 radical (unpaired) electrons. The Labute approximate surface area is 106 Å². The summed E-state index contributed by atoms with van der Waals surface area (Å²) < 4.78 is 5.61. The Morgan fingerprint density at radius 2 is 2.18 bits per heavy atom. The quantitative estimate of drug-likeness (QED) is 0.745. The average molecular weight is 237 g/mol. The van der Waals surface area contributed by atoms with Crippen LogP contribution in [0.4, 0.5) is 0 Å². The highest BCUT2D eigenvalue weighted by molar-refractivity contribution is 5.30. The van der Waals surface area contributed by atoms with Crippen molar-refractivity contribution in [1.29, 1.82) is 0 Å². The van der Waals surface area contributed by atoms with Crippen LogP contribution in [0.1, 0.15) is 47.0 Å². The maximum absolute atomic E-state index is 5.61. The summed E-state index contributed by atoms with van der Waals surface area (Å²) in [4.78, 5) is 2.69. The highest BCUT2D eigenvalue weighted by Gasteiger charge is 2.57. The second kappa shape index (κ2) is 4.31. The average Bonchev–Trinajstić information content (AvgIpc) is 2.77. The van der Waals surface area contributed by atoms with Crippen molar-refractivity contribution in [2.45, 2.75) is 52.5 Å². The molecule has 2 heteroatoms. The van der Waals surface area contributed by atoms with Crippen LogP contribution in [0.15, 0.2) is 11.8 Å². The van der Waals surface area contributed by atoms with Crippen LogP contribution in [0.5, 0.6) is 0 Å². The minimum atomic E-state index is 0.244. The molecule has 98 valence electrons. The normalized spacial score (nSPS) is 36.5. The second-order valence-corrected chi connectivity index (χ2v) is 6.21. The molecule has 0 amide bonds. The van der Waals surface area contributed by atoms with E-state index in [1.807, 2.05) is 7.11 Å². The van der Waals surface area contributed by atoms with E-state index in [2.05, 4.69) is 38.7 Å². The Morgan fingerprint density at radius 1 is 1.47 bits per heavy atom. The van der Waals surface area contributed by atoms with E-state index in [0.29, 0.717) is 5.92 Å². The van der Waals surface area contributed by atoms with E-state index in [1.54, 1.807) is 0 Å². The minimum Gasteiger partial charge on any atom is -0.501 e. The SMILES string of the molecule is CCCN1CCCC12C=C(OC)C(C)C2(C)C. The molecule has 2 aliphatic rings. The lowest BCUT2D eigenvalue weighted by Gasteiger charge is -2.46. The fourth-order valence-electron chi connectivity index (χ4n) is 3.88.